The fourth-order valence-corrected chi connectivity index (χ4v) is 3.46. The third-order valence-corrected chi connectivity index (χ3v) is 4.70. The van der Waals surface area contributed by atoms with Crippen molar-refractivity contribution in [1.29, 1.82) is 0 Å². The second-order valence-electron chi connectivity index (χ2n) is 4.84. The number of imidazole rings is 1. The van der Waals surface area contributed by atoms with Crippen LogP contribution in [0.1, 0.15) is 17.1 Å². The van der Waals surface area contributed by atoms with Gasteiger partial charge in [0.2, 0.25) is 0 Å². The maximum atomic E-state index is 6.04. The van der Waals surface area contributed by atoms with Crippen LogP contribution in [0.5, 0.6) is 5.75 Å². The number of benzene rings is 1. The summed E-state index contributed by atoms with van der Waals surface area (Å²) in [4.78, 5) is 5.63. The molecule has 0 aliphatic heterocycles. The van der Waals surface area contributed by atoms with E-state index in [0.29, 0.717) is 17.3 Å². The molecule has 0 saturated carbocycles. The van der Waals surface area contributed by atoms with Gasteiger partial charge in [-0.15, -0.1) is 11.3 Å². The smallest absolute Gasteiger partial charge is 0.194 e. The monoisotopic (exact) mass is 321 g/mol. The highest BCUT2D eigenvalue weighted by Gasteiger charge is 2.12. The number of anilines is 1. The molecule has 6 heteroatoms. The van der Waals surface area contributed by atoms with Crippen LogP contribution >= 0.6 is 22.9 Å². The number of rotatable bonds is 4. The lowest BCUT2D eigenvalue weighted by Crippen LogP contribution is -2.04. The van der Waals surface area contributed by atoms with Gasteiger partial charge in [0, 0.05) is 22.8 Å². The van der Waals surface area contributed by atoms with Crippen molar-refractivity contribution in [3.05, 3.63) is 45.7 Å². The molecular weight excluding hydrogens is 306 g/mol. The summed E-state index contributed by atoms with van der Waals surface area (Å²) in [5.74, 6) is 0.670. The Morgan fingerprint density at radius 1 is 1.38 bits per heavy atom. The molecule has 0 atom stereocenters. The second-order valence-corrected chi connectivity index (χ2v) is 6.09. The summed E-state index contributed by atoms with van der Waals surface area (Å²) in [6.45, 7) is 4.84. The van der Waals surface area contributed by atoms with Gasteiger partial charge in [0.1, 0.15) is 5.75 Å². The molecule has 0 aliphatic rings. The van der Waals surface area contributed by atoms with Gasteiger partial charge in [-0.1, -0.05) is 11.6 Å². The lowest BCUT2D eigenvalue weighted by Gasteiger charge is -2.10. The van der Waals surface area contributed by atoms with E-state index in [1.54, 1.807) is 18.4 Å². The van der Waals surface area contributed by atoms with E-state index in [9.17, 15) is 0 Å². The third kappa shape index (κ3) is 2.59. The molecule has 0 bridgehead atoms. The number of thiazole rings is 1. The SMILES string of the molecule is COc1cc(NCc2c(C)nc3scc(C)n23)ccc1Cl. The molecule has 1 N–H and O–H groups in total. The van der Waals surface area contributed by atoms with Crippen LogP contribution in [0.25, 0.3) is 4.96 Å². The highest BCUT2D eigenvalue weighted by molar-refractivity contribution is 7.15. The molecule has 4 nitrogen and oxygen atoms in total. The molecule has 2 aromatic heterocycles. The number of aryl methyl sites for hydroxylation is 2. The predicted octanol–water partition coefficient (Wildman–Crippen LogP) is 4.29. The quantitative estimate of drug-likeness (QED) is 0.779. The summed E-state index contributed by atoms with van der Waals surface area (Å²) in [5.41, 5.74) is 4.41. The van der Waals surface area contributed by atoms with Crippen molar-refractivity contribution in [2.45, 2.75) is 20.4 Å². The highest BCUT2D eigenvalue weighted by Crippen LogP contribution is 2.28. The second kappa shape index (κ2) is 5.58. The molecule has 0 spiro atoms. The normalized spacial score (nSPS) is 11.0. The molecule has 1 aromatic carbocycles. The summed E-state index contributed by atoms with van der Waals surface area (Å²) in [6.07, 6.45) is 0. The summed E-state index contributed by atoms with van der Waals surface area (Å²) >= 11 is 7.71. The number of hydrogen-bond donors (Lipinski definition) is 1. The minimum absolute atomic E-state index is 0.611. The number of aromatic nitrogens is 2. The van der Waals surface area contributed by atoms with Crippen LogP contribution in [0.3, 0.4) is 0 Å². The molecule has 0 aliphatic carbocycles. The predicted molar refractivity (Wildman–Crippen MR) is 87.9 cm³/mol. The Balaban J connectivity index is 1.86. The number of methoxy groups -OCH3 is 1. The van der Waals surface area contributed by atoms with E-state index in [0.717, 1.165) is 16.3 Å². The lowest BCUT2D eigenvalue weighted by atomic mass is 10.2. The van der Waals surface area contributed by atoms with Gasteiger partial charge in [0.05, 0.1) is 30.1 Å². The Morgan fingerprint density at radius 2 is 2.19 bits per heavy atom. The van der Waals surface area contributed by atoms with E-state index >= 15 is 0 Å². The molecule has 3 aromatic rings. The maximum absolute atomic E-state index is 6.04. The van der Waals surface area contributed by atoms with Gasteiger partial charge < -0.3 is 10.1 Å². The van der Waals surface area contributed by atoms with Gasteiger partial charge in [-0.3, -0.25) is 4.40 Å². The molecule has 0 saturated heterocycles. The number of ether oxygens (including phenoxy) is 1. The van der Waals surface area contributed by atoms with Crippen molar-refractivity contribution in [2.75, 3.05) is 12.4 Å². The average Bonchev–Trinajstić information content (AvgIpc) is 2.98. The Morgan fingerprint density at radius 3 is 2.95 bits per heavy atom. The fourth-order valence-electron chi connectivity index (χ4n) is 2.33. The minimum atomic E-state index is 0.611. The zero-order valence-corrected chi connectivity index (χ0v) is 13.7. The lowest BCUT2D eigenvalue weighted by molar-refractivity contribution is 0.415. The molecule has 0 fully saturated rings. The first kappa shape index (κ1) is 14.2. The van der Waals surface area contributed by atoms with Gasteiger partial charge >= 0.3 is 0 Å². The van der Waals surface area contributed by atoms with Crippen LogP contribution in [0.15, 0.2) is 23.6 Å². The Bertz CT molecular complexity index is 794. The van der Waals surface area contributed by atoms with E-state index < -0.39 is 0 Å². The number of halogens is 1. The van der Waals surface area contributed by atoms with Crippen LogP contribution in [0.2, 0.25) is 5.02 Å². The van der Waals surface area contributed by atoms with Crippen LogP contribution in [0.4, 0.5) is 5.69 Å². The van der Waals surface area contributed by atoms with Crippen molar-refractivity contribution in [2.24, 2.45) is 0 Å². The molecule has 21 heavy (non-hydrogen) atoms. The van der Waals surface area contributed by atoms with Crippen molar-refractivity contribution in [3.63, 3.8) is 0 Å². The first-order chi connectivity index (χ1) is 10.1. The first-order valence-electron chi connectivity index (χ1n) is 6.59. The molecular formula is C15H16ClN3OS. The topological polar surface area (TPSA) is 38.6 Å². The fraction of sp³-hybridized carbons (Fsp3) is 0.267. The first-order valence-corrected chi connectivity index (χ1v) is 7.85. The zero-order valence-electron chi connectivity index (χ0n) is 12.1. The summed E-state index contributed by atoms with van der Waals surface area (Å²) in [7, 11) is 1.62. The molecule has 0 amide bonds. The van der Waals surface area contributed by atoms with Gasteiger partial charge in [0.25, 0.3) is 0 Å². The Labute approximate surface area is 132 Å². The Hall–Kier alpha value is -1.72. The third-order valence-electron chi connectivity index (χ3n) is 3.44. The summed E-state index contributed by atoms with van der Waals surface area (Å²) in [6, 6.07) is 5.67. The van der Waals surface area contributed by atoms with Gasteiger partial charge in [-0.2, -0.15) is 0 Å². The molecule has 2 heterocycles. The van der Waals surface area contributed by atoms with E-state index in [4.69, 9.17) is 16.3 Å². The van der Waals surface area contributed by atoms with Crippen LogP contribution in [0, 0.1) is 13.8 Å². The van der Waals surface area contributed by atoms with Crippen LogP contribution < -0.4 is 10.1 Å². The standard InChI is InChI=1S/C15H16ClN3OS/c1-9-8-21-15-18-10(2)13(19(9)15)7-17-11-4-5-12(16)14(6-11)20-3/h4-6,8,17H,7H2,1-3H3. The van der Waals surface area contributed by atoms with Crippen molar-refractivity contribution in [1.82, 2.24) is 9.38 Å². The molecule has 0 unspecified atom stereocenters. The van der Waals surface area contributed by atoms with Crippen molar-refractivity contribution < 1.29 is 4.74 Å². The minimum Gasteiger partial charge on any atom is -0.495 e. The van der Waals surface area contributed by atoms with Crippen molar-refractivity contribution >= 4 is 33.6 Å². The van der Waals surface area contributed by atoms with Crippen LogP contribution in [-0.4, -0.2) is 16.5 Å². The van der Waals surface area contributed by atoms with E-state index in [-0.39, 0.29) is 0 Å². The number of nitrogens with zero attached hydrogens (tertiary/aromatic N) is 2. The number of nitrogens with one attached hydrogen (secondary N) is 1. The van der Waals surface area contributed by atoms with E-state index in [1.165, 1.54) is 11.4 Å². The van der Waals surface area contributed by atoms with Gasteiger partial charge in [-0.25, -0.2) is 4.98 Å². The number of fused-ring (bicyclic) bond motifs is 1. The Kier molecular flexibility index (Phi) is 3.78. The largest absolute Gasteiger partial charge is 0.495 e. The van der Waals surface area contributed by atoms with E-state index in [1.807, 2.05) is 25.1 Å². The molecule has 3 rings (SSSR count). The number of hydrogen-bond acceptors (Lipinski definition) is 4. The van der Waals surface area contributed by atoms with Crippen molar-refractivity contribution in [3.8, 4) is 5.75 Å². The maximum Gasteiger partial charge on any atom is 0.194 e. The summed E-state index contributed by atoms with van der Waals surface area (Å²) < 4.78 is 7.43. The summed E-state index contributed by atoms with van der Waals surface area (Å²) in [5, 5.41) is 6.14. The van der Waals surface area contributed by atoms with Gasteiger partial charge in [-0.05, 0) is 26.0 Å². The van der Waals surface area contributed by atoms with E-state index in [2.05, 4.69) is 27.0 Å². The highest BCUT2D eigenvalue weighted by atomic mass is 35.5. The molecule has 110 valence electrons. The van der Waals surface area contributed by atoms with Crippen LogP contribution in [-0.2, 0) is 6.54 Å². The molecule has 0 radical (unpaired) electrons. The average molecular weight is 322 g/mol. The zero-order chi connectivity index (χ0) is 15.0. The van der Waals surface area contributed by atoms with Gasteiger partial charge in [0.15, 0.2) is 4.96 Å².